The Hall–Kier alpha value is -3.41. The zero-order valence-corrected chi connectivity index (χ0v) is 16.7. The summed E-state index contributed by atoms with van der Waals surface area (Å²) in [6, 6.07) is 13.2. The Labute approximate surface area is 169 Å². The van der Waals surface area contributed by atoms with Crippen LogP contribution in [-0.4, -0.2) is 23.9 Å². The number of hydrogen-bond acceptors (Lipinski definition) is 4. The first-order valence-electron chi connectivity index (χ1n) is 9.56. The number of methoxy groups -OCH3 is 1. The topological polar surface area (TPSA) is 80.3 Å². The lowest BCUT2D eigenvalue weighted by molar-refractivity contribution is -0.114. The molecule has 0 aliphatic heterocycles. The van der Waals surface area contributed by atoms with E-state index in [4.69, 9.17) is 4.74 Å². The van der Waals surface area contributed by atoms with Crippen LogP contribution in [0.1, 0.15) is 41.3 Å². The summed E-state index contributed by atoms with van der Waals surface area (Å²) in [6.45, 7) is 3.38. The SMILES string of the molecule is COc1ccc(C)c(C(=O)NC2(c3cc(NC(C)=O)cc4ncccc34)CC2)c1. The molecule has 4 rings (SSSR count). The molecule has 0 atom stereocenters. The first kappa shape index (κ1) is 18.9. The van der Waals surface area contributed by atoms with Gasteiger partial charge in [-0.1, -0.05) is 12.1 Å². The second-order valence-electron chi connectivity index (χ2n) is 7.49. The summed E-state index contributed by atoms with van der Waals surface area (Å²) in [6.07, 6.45) is 3.38. The van der Waals surface area contributed by atoms with Gasteiger partial charge in [-0.15, -0.1) is 0 Å². The fraction of sp³-hybridized carbons (Fsp3) is 0.261. The predicted octanol–water partition coefficient (Wildman–Crippen LogP) is 3.93. The Morgan fingerprint density at radius 2 is 1.93 bits per heavy atom. The van der Waals surface area contributed by atoms with Crippen molar-refractivity contribution in [3.63, 3.8) is 0 Å². The molecule has 1 aromatic heterocycles. The van der Waals surface area contributed by atoms with Crippen molar-refractivity contribution in [2.75, 3.05) is 12.4 Å². The molecule has 1 fully saturated rings. The van der Waals surface area contributed by atoms with E-state index in [2.05, 4.69) is 15.6 Å². The summed E-state index contributed by atoms with van der Waals surface area (Å²) in [4.78, 5) is 29.1. The fourth-order valence-electron chi connectivity index (χ4n) is 3.70. The minimum atomic E-state index is -0.470. The number of rotatable bonds is 5. The van der Waals surface area contributed by atoms with Gasteiger partial charge in [0.2, 0.25) is 5.91 Å². The third-order valence-electron chi connectivity index (χ3n) is 5.35. The van der Waals surface area contributed by atoms with Crippen molar-refractivity contribution in [2.45, 2.75) is 32.2 Å². The molecule has 148 valence electrons. The van der Waals surface area contributed by atoms with E-state index in [1.54, 1.807) is 19.4 Å². The van der Waals surface area contributed by atoms with Gasteiger partial charge in [-0.25, -0.2) is 0 Å². The summed E-state index contributed by atoms with van der Waals surface area (Å²) in [5.74, 6) is 0.362. The number of fused-ring (bicyclic) bond motifs is 1. The number of benzene rings is 2. The first-order chi connectivity index (χ1) is 13.9. The second kappa shape index (κ2) is 7.20. The van der Waals surface area contributed by atoms with Gasteiger partial charge < -0.3 is 15.4 Å². The highest BCUT2D eigenvalue weighted by atomic mass is 16.5. The quantitative estimate of drug-likeness (QED) is 0.693. The van der Waals surface area contributed by atoms with Crippen LogP contribution < -0.4 is 15.4 Å². The molecular weight excluding hydrogens is 366 g/mol. The third-order valence-corrected chi connectivity index (χ3v) is 5.35. The van der Waals surface area contributed by atoms with E-state index in [-0.39, 0.29) is 11.8 Å². The Balaban J connectivity index is 1.74. The normalized spacial score (nSPS) is 14.3. The number of carbonyl (C=O) groups excluding carboxylic acids is 2. The molecule has 0 radical (unpaired) electrons. The average molecular weight is 389 g/mol. The molecule has 2 aromatic carbocycles. The Bertz CT molecular complexity index is 1120. The maximum atomic E-state index is 13.1. The molecule has 6 nitrogen and oxygen atoms in total. The minimum Gasteiger partial charge on any atom is -0.497 e. The molecule has 1 heterocycles. The second-order valence-corrected chi connectivity index (χ2v) is 7.49. The lowest BCUT2D eigenvalue weighted by atomic mass is 9.97. The van der Waals surface area contributed by atoms with Crippen molar-refractivity contribution in [3.05, 3.63) is 65.4 Å². The number of pyridine rings is 1. The van der Waals surface area contributed by atoms with Crippen LogP contribution in [0.2, 0.25) is 0 Å². The predicted molar refractivity (Wildman–Crippen MR) is 112 cm³/mol. The van der Waals surface area contributed by atoms with Crippen molar-refractivity contribution in [2.24, 2.45) is 0 Å². The van der Waals surface area contributed by atoms with E-state index in [1.807, 2.05) is 43.3 Å². The van der Waals surface area contributed by atoms with Gasteiger partial charge in [-0.3, -0.25) is 14.6 Å². The minimum absolute atomic E-state index is 0.138. The van der Waals surface area contributed by atoms with E-state index < -0.39 is 5.54 Å². The van der Waals surface area contributed by atoms with Gasteiger partial charge in [0.05, 0.1) is 18.2 Å². The third kappa shape index (κ3) is 3.66. The van der Waals surface area contributed by atoms with E-state index in [1.165, 1.54) is 6.92 Å². The summed E-state index contributed by atoms with van der Waals surface area (Å²) in [5.41, 5.74) is 3.44. The first-order valence-corrected chi connectivity index (χ1v) is 9.56. The molecule has 3 aromatic rings. The van der Waals surface area contributed by atoms with Crippen LogP contribution >= 0.6 is 0 Å². The summed E-state index contributed by atoms with van der Waals surface area (Å²) >= 11 is 0. The Kier molecular flexibility index (Phi) is 4.70. The van der Waals surface area contributed by atoms with Gasteiger partial charge >= 0.3 is 0 Å². The molecule has 1 aliphatic carbocycles. The van der Waals surface area contributed by atoms with Crippen molar-refractivity contribution in [1.29, 1.82) is 0 Å². The largest absolute Gasteiger partial charge is 0.497 e. The van der Waals surface area contributed by atoms with Crippen molar-refractivity contribution < 1.29 is 14.3 Å². The van der Waals surface area contributed by atoms with Crippen LogP contribution in [0.15, 0.2) is 48.7 Å². The monoisotopic (exact) mass is 389 g/mol. The molecule has 0 saturated heterocycles. The van der Waals surface area contributed by atoms with Crippen molar-refractivity contribution >= 4 is 28.4 Å². The van der Waals surface area contributed by atoms with Crippen LogP contribution in [0.25, 0.3) is 10.9 Å². The standard InChI is InChI=1S/C23H23N3O3/c1-14-6-7-17(29-3)13-19(14)22(28)26-23(8-9-23)20-11-16(25-15(2)27)12-21-18(20)5-4-10-24-21/h4-7,10-13H,8-9H2,1-3H3,(H,25,27)(H,26,28). The van der Waals surface area contributed by atoms with Gasteiger partial charge in [0.25, 0.3) is 5.91 Å². The van der Waals surface area contributed by atoms with E-state index in [0.29, 0.717) is 17.0 Å². The van der Waals surface area contributed by atoms with Crippen LogP contribution in [-0.2, 0) is 10.3 Å². The highest BCUT2D eigenvalue weighted by molar-refractivity contribution is 5.98. The van der Waals surface area contributed by atoms with E-state index >= 15 is 0 Å². The average Bonchev–Trinajstić information content (AvgIpc) is 3.47. The number of nitrogens with zero attached hydrogens (tertiary/aromatic N) is 1. The van der Waals surface area contributed by atoms with Gasteiger partial charge in [-0.05, 0) is 61.2 Å². The number of aromatic nitrogens is 1. The van der Waals surface area contributed by atoms with Crippen molar-refractivity contribution in [1.82, 2.24) is 10.3 Å². The van der Waals surface area contributed by atoms with Crippen LogP contribution in [0.5, 0.6) is 5.75 Å². The molecule has 1 aliphatic rings. The number of carbonyl (C=O) groups is 2. The Morgan fingerprint density at radius 1 is 1.14 bits per heavy atom. The van der Waals surface area contributed by atoms with Crippen molar-refractivity contribution in [3.8, 4) is 5.75 Å². The lowest BCUT2D eigenvalue weighted by Gasteiger charge is -2.22. The van der Waals surface area contributed by atoms with Crippen LogP contribution in [0.3, 0.4) is 0 Å². The van der Waals surface area contributed by atoms with Crippen LogP contribution in [0, 0.1) is 6.92 Å². The molecule has 0 spiro atoms. The number of nitrogens with one attached hydrogen (secondary N) is 2. The molecule has 0 bridgehead atoms. The molecule has 1 saturated carbocycles. The van der Waals surface area contributed by atoms with Gasteiger partial charge in [0.15, 0.2) is 0 Å². The van der Waals surface area contributed by atoms with Gasteiger partial charge in [-0.2, -0.15) is 0 Å². The highest BCUT2D eigenvalue weighted by Gasteiger charge is 2.47. The fourth-order valence-corrected chi connectivity index (χ4v) is 3.70. The molecule has 0 unspecified atom stereocenters. The van der Waals surface area contributed by atoms with E-state index in [9.17, 15) is 9.59 Å². The molecule has 2 amide bonds. The number of aryl methyl sites for hydroxylation is 1. The maximum Gasteiger partial charge on any atom is 0.252 e. The molecular formula is C23H23N3O3. The molecule has 29 heavy (non-hydrogen) atoms. The molecule has 2 N–H and O–H groups in total. The zero-order valence-electron chi connectivity index (χ0n) is 16.7. The molecule has 6 heteroatoms. The smallest absolute Gasteiger partial charge is 0.252 e. The van der Waals surface area contributed by atoms with Gasteiger partial charge in [0, 0.05) is 29.8 Å². The van der Waals surface area contributed by atoms with E-state index in [0.717, 1.165) is 34.9 Å². The number of hydrogen-bond donors (Lipinski definition) is 2. The number of anilines is 1. The highest BCUT2D eigenvalue weighted by Crippen LogP contribution is 2.49. The lowest BCUT2D eigenvalue weighted by Crippen LogP contribution is -2.35. The summed E-state index contributed by atoms with van der Waals surface area (Å²) in [7, 11) is 1.58. The maximum absolute atomic E-state index is 13.1. The van der Waals surface area contributed by atoms with Crippen LogP contribution in [0.4, 0.5) is 5.69 Å². The Morgan fingerprint density at radius 3 is 2.62 bits per heavy atom. The number of ether oxygens (including phenoxy) is 1. The summed E-state index contributed by atoms with van der Waals surface area (Å²) in [5, 5.41) is 7.04. The number of amides is 2. The zero-order chi connectivity index (χ0) is 20.6. The van der Waals surface area contributed by atoms with Gasteiger partial charge in [0.1, 0.15) is 5.75 Å². The summed E-state index contributed by atoms with van der Waals surface area (Å²) < 4.78 is 5.27.